The Hall–Kier alpha value is -2.83. The van der Waals surface area contributed by atoms with E-state index in [4.69, 9.17) is 4.74 Å². The van der Waals surface area contributed by atoms with Crippen molar-refractivity contribution in [3.63, 3.8) is 0 Å². The average Bonchev–Trinajstić information content (AvgIpc) is 3.23. The fourth-order valence-electron chi connectivity index (χ4n) is 7.84. The number of hydrogen-bond acceptors (Lipinski definition) is 5. The summed E-state index contributed by atoms with van der Waals surface area (Å²) in [6, 6.07) is 13.8. The molecule has 190 valence electrons. The number of amides is 1. The highest BCUT2D eigenvalue weighted by Crippen LogP contribution is 2.65. The van der Waals surface area contributed by atoms with Crippen LogP contribution in [0.3, 0.4) is 0 Å². The number of likely N-dealkylation sites (tertiary alicyclic amines) is 1. The Morgan fingerprint density at radius 3 is 2.83 bits per heavy atom. The molecular weight excluding hydrogens is 452 g/mol. The molecule has 6 nitrogen and oxygen atoms in total. The van der Waals surface area contributed by atoms with Crippen molar-refractivity contribution < 1.29 is 19.7 Å². The Morgan fingerprint density at radius 2 is 2.06 bits per heavy atom. The molecule has 2 fully saturated rings. The van der Waals surface area contributed by atoms with E-state index in [9.17, 15) is 15.0 Å². The van der Waals surface area contributed by atoms with Crippen molar-refractivity contribution in [2.75, 3.05) is 20.1 Å². The van der Waals surface area contributed by atoms with Crippen molar-refractivity contribution in [3.05, 3.63) is 71.8 Å². The van der Waals surface area contributed by atoms with Crippen LogP contribution in [0.4, 0.5) is 0 Å². The Balaban J connectivity index is 1.30. The van der Waals surface area contributed by atoms with E-state index in [1.165, 1.54) is 5.56 Å². The van der Waals surface area contributed by atoms with E-state index >= 15 is 0 Å². The van der Waals surface area contributed by atoms with Gasteiger partial charge >= 0.3 is 0 Å². The van der Waals surface area contributed by atoms with Crippen molar-refractivity contribution in [1.29, 1.82) is 0 Å². The third-order valence-electron chi connectivity index (χ3n) is 9.50. The number of carbonyl (C=O) groups is 1. The van der Waals surface area contributed by atoms with E-state index in [0.29, 0.717) is 25.0 Å². The predicted octanol–water partition coefficient (Wildman–Crippen LogP) is 3.58. The smallest absolute Gasteiger partial charge is 0.222 e. The third-order valence-corrected chi connectivity index (χ3v) is 9.50. The van der Waals surface area contributed by atoms with Crippen molar-refractivity contribution in [3.8, 4) is 11.5 Å². The molecule has 2 aliphatic heterocycles. The summed E-state index contributed by atoms with van der Waals surface area (Å²) in [6.45, 7) is 5.50. The molecule has 6 rings (SSSR count). The molecule has 1 saturated carbocycles. The van der Waals surface area contributed by atoms with Crippen molar-refractivity contribution in [2.24, 2.45) is 0 Å². The van der Waals surface area contributed by atoms with Gasteiger partial charge in [-0.3, -0.25) is 9.69 Å². The zero-order chi connectivity index (χ0) is 25.1. The fraction of sp³-hybridized carbons (Fsp3) is 0.500. The lowest BCUT2D eigenvalue weighted by Gasteiger charge is -2.64. The number of phenolic OH excluding ortho intramolecular Hbond substituents is 1. The molecule has 2 bridgehead atoms. The number of aryl methyl sites for hydroxylation is 1. The lowest BCUT2D eigenvalue weighted by molar-refractivity contribution is -0.198. The molecule has 2 aliphatic carbocycles. The zero-order valence-corrected chi connectivity index (χ0v) is 21.0. The molecule has 2 aromatic rings. The Kier molecular flexibility index (Phi) is 5.65. The summed E-state index contributed by atoms with van der Waals surface area (Å²) in [5, 5.41) is 23.2. The minimum atomic E-state index is -0.974. The molecule has 6 heteroatoms. The largest absolute Gasteiger partial charge is 0.504 e. The maximum Gasteiger partial charge on any atom is 0.222 e. The van der Waals surface area contributed by atoms with Gasteiger partial charge in [-0.1, -0.05) is 42.5 Å². The van der Waals surface area contributed by atoms with Gasteiger partial charge in [0.05, 0.1) is 17.1 Å². The number of carbonyl (C=O) groups excluding carboxylic acids is 1. The van der Waals surface area contributed by atoms with E-state index in [2.05, 4.69) is 23.6 Å². The van der Waals surface area contributed by atoms with Crippen LogP contribution in [0, 0.1) is 0 Å². The van der Waals surface area contributed by atoms with Gasteiger partial charge in [0.15, 0.2) is 11.5 Å². The maximum absolute atomic E-state index is 13.4. The molecule has 5 atom stereocenters. The van der Waals surface area contributed by atoms with Gasteiger partial charge in [-0.05, 0) is 62.3 Å². The normalized spacial score (nSPS) is 31.9. The Labute approximate surface area is 213 Å². The third kappa shape index (κ3) is 3.20. The van der Waals surface area contributed by atoms with Crippen LogP contribution < -0.4 is 4.74 Å². The van der Waals surface area contributed by atoms with Crippen molar-refractivity contribution >= 4 is 5.91 Å². The van der Waals surface area contributed by atoms with E-state index in [-0.39, 0.29) is 29.8 Å². The molecule has 0 aromatic heterocycles. The minimum Gasteiger partial charge on any atom is -0.504 e. The quantitative estimate of drug-likeness (QED) is 0.583. The van der Waals surface area contributed by atoms with Gasteiger partial charge < -0.3 is 19.8 Å². The number of piperidine rings is 1. The van der Waals surface area contributed by atoms with E-state index in [0.717, 1.165) is 49.9 Å². The highest BCUT2D eigenvalue weighted by atomic mass is 16.5. The number of aliphatic hydroxyl groups is 1. The Morgan fingerprint density at radius 1 is 1.25 bits per heavy atom. The predicted molar refractivity (Wildman–Crippen MR) is 138 cm³/mol. The van der Waals surface area contributed by atoms with Crippen molar-refractivity contribution in [1.82, 2.24) is 9.80 Å². The molecule has 2 unspecified atom stereocenters. The summed E-state index contributed by atoms with van der Waals surface area (Å²) in [5.41, 5.74) is 1.77. The summed E-state index contributed by atoms with van der Waals surface area (Å²) < 4.78 is 6.58. The van der Waals surface area contributed by atoms with Gasteiger partial charge in [0.2, 0.25) is 5.91 Å². The van der Waals surface area contributed by atoms with Crippen LogP contribution >= 0.6 is 0 Å². The van der Waals surface area contributed by atoms with E-state index in [1.807, 2.05) is 42.3 Å². The van der Waals surface area contributed by atoms with Crippen LogP contribution in [0.25, 0.3) is 0 Å². The SMILES string of the molecule is C=CCN1CC[C@]23c4c5ccc(O)c4OC2C(N(C)C(=O)CCCc2ccccc2)CC[C@@]3(O)[C@H]1C5. The minimum absolute atomic E-state index is 0.0360. The second kappa shape index (κ2) is 8.63. The molecule has 1 spiro atoms. The van der Waals surface area contributed by atoms with Crippen LogP contribution in [-0.2, 0) is 23.1 Å². The standard InChI is InChI=1S/C30H36N2O4/c1-3-17-32-18-16-29-26-21-12-13-23(33)27(26)36-28(29)22(14-15-30(29,35)24(32)19-21)31(2)25(34)11-7-10-20-8-5-4-6-9-20/h3-6,8-9,12-13,22,24,28,33,35H,1,7,10-11,14-19H2,2H3/t22?,24-,28?,29+,30-/m1/s1. The first kappa shape index (κ1) is 23.6. The van der Waals surface area contributed by atoms with Gasteiger partial charge in [-0.25, -0.2) is 0 Å². The van der Waals surface area contributed by atoms with Crippen LogP contribution in [-0.4, -0.2) is 69.8 Å². The van der Waals surface area contributed by atoms with Crippen LogP contribution in [0.1, 0.15) is 48.8 Å². The topological polar surface area (TPSA) is 73.2 Å². The van der Waals surface area contributed by atoms with Gasteiger partial charge in [-0.2, -0.15) is 0 Å². The van der Waals surface area contributed by atoms with E-state index in [1.54, 1.807) is 6.07 Å². The van der Waals surface area contributed by atoms with Crippen LogP contribution in [0.15, 0.2) is 55.1 Å². The summed E-state index contributed by atoms with van der Waals surface area (Å²) in [6.07, 6.45) is 6.41. The molecule has 0 radical (unpaired) electrons. The summed E-state index contributed by atoms with van der Waals surface area (Å²) in [7, 11) is 1.89. The average molecular weight is 489 g/mol. The zero-order valence-electron chi connectivity index (χ0n) is 21.0. The molecule has 2 aromatic carbocycles. The molecule has 36 heavy (non-hydrogen) atoms. The maximum atomic E-state index is 13.4. The lowest BCUT2D eigenvalue weighted by Crippen LogP contribution is -2.78. The summed E-state index contributed by atoms with van der Waals surface area (Å²) >= 11 is 0. The Bertz CT molecular complexity index is 1180. The summed E-state index contributed by atoms with van der Waals surface area (Å²) in [4.78, 5) is 17.6. The van der Waals surface area contributed by atoms with Crippen LogP contribution in [0.5, 0.6) is 11.5 Å². The first-order valence-electron chi connectivity index (χ1n) is 13.3. The number of ether oxygens (including phenoxy) is 1. The fourth-order valence-corrected chi connectivity index (χ4v) is 7.84. The van der Waals surface area contributed by atoms with Gasteiger partial charge in [-0.15, -0.1) is 6.58 Å². The van der Waals surface area contributed by atoms with Crippen LogP contribution in [0.2, 0.25) is 0 Å². The molecular formula is C30H36N2O4. The van der Waals surface area contributed by atoms with Gasteiger partial charge in [0.25, 0.3) is 0 Å². The number of hydrogen-bond donors (Lipinski definition) is 2. The molecule has 2 heterocycles. The second-order valence-corrected chi connectivity index (χ2v) is 11.1. The number of benzene rings is 2. The highest BCUT2D eigenvalue weighted by Gasteiger charge is 2.73. The number of nitrogens with zero attached hydrogens (tertiary/aromatic N) is 2. The number of likely N-dealkylation sites (N-methyl/N-ethyl adjacent to an activating group) is 1. The number of phenols is 1. The summed E-state index contributed by atoms with van der Waals surface area (Å²) in [5.74, 6) is 0.754. The second-order valence-electron chi connectivity index (χ2n) is 11.1. The van der Waals surface area contributed by atoms with Gasteiger partial charge in [0.1, 0.15) is 6.10 Å². The molecule has 1 saturated heterocycles. The first-order valence-corrected chi connectivity index (χ1v) is 13.3. The number of rotatable bonds is 7. The number of aromatic hydroxyl groups is 1. The lowest BCUT2D eigenvalue weighted by atomic mass is 9.48. The monoisotopic (exact) mass is 488 g/mol. The first-order chi connectivity index (χ1) is 17.4. The molecule has 2 N–H and O–H groups in total. The molecule has 4 aliphatic rings. The van der Waals surface area contributed by atoms with E-state index < -0.39 is 11.0 Å². The molecule has 1 amide bonds. The van der Waals surface area contributed by atoms with Crippen molar-refractivity contribution in [2.45, 2.75) is 74.1 Å². The highest BCUT2D eigenvalue weighted by molar-refractivity contribution is 5.76. The van der Waals surface area contributed by atoms with Gasteiger partial charge in [0, 0.05) is 31.6 Å².